The highest BCUT2D eigenvalue weighted by molar-refractivity contribution is 7.92. The van der Waals surface area contributed by atoms with Crippen LogP contribution in [-0.4, -0.2) is 35.5 Å². The minimum atomic E-state index is -4.68. The molecule has 4 nitrogen and oxygen atoms in total. The summed E-state index contributed by atoms with van der Waals surface area (Å²) in [7, 11) is -5.99. The van der Waals surface area contributed by atoms with Crippen LogP contribution >= 0.6 is 0 Å². The lowest BCUT2D eigenvalue weighted by Gasteiger charge is -2.40. The van der Waals surface area contributed by atoms with E-state index in [4.69, 9.17) is 4.74 Å². The van der Waals surface area contributed by atoms with Crippen LogP contribution < -0.4 is 0 Å². The Hall–Kier alpha value is -2.11. The molecule has 0 aromatic heterocycles. The summed E-state index contributed by atoms with van der Waals surface area (Å²) in [4.78, 5) is 12.3. The molecule has 0 bridgehead atoms. The smallest absolute Gasteiger partial charge is 0.381 e. The first-order chi connectivity index (χ1) is 16.6. The maximum atomic E-state index is 15.0. The molecule has 1 fully saturated rings. The number of alkyl halides is 3. The van der Waals surface area contributed by atoms with E-state index < -0.39 is 62.4 Å². The average Bonchev–Trinajstić information content (AvgIpc) is 2.78. The topological polar surface area (TPSA) is 60.4 Å². The zero-order valence-electron chi connectivity index (χ0n) is 20.3. The number of benzene rings is 2. The van der Waals surface area contributed by atoms with Crippen LogP contribution in [0.4, 0.5) is 22.0 Å². The number of rotatable bonds is 8. The molecular weight excluding hydrogens is 519 g/mol. The minimum absolute atomic E-state index is 0.0788. The number of hydrogen-bond acceptors (Lipinski definition) is 4. The molecule has 0 spiro atoms. The number of hydrogen-bond donors (Lipinski definition) is 0. The third-order valence-corrected chi connectivity index (χ3v) is 10.8. The number of carbonyl (C=O) groups is 1. The fraction of sp³-hybridized carbons (Fsp3) is 0.480. The maximum absolute atomic E-state index is 15.0. The zero-order valence-corrected chi connectivity index (χ0v) is 22.1. The summed E-state index contributed by atoms with van der Waals surface area (Å²) in [5, 5.41) is 0. The Morgan fingerprint density at radius 2 is 1.69 bits per heavy atom. The Balaban J connectivity index is 2.05. The summed E-state index contributed by atoms with van der Waals surface area (Å²) in [6.45, 7) is 6.75. The first-order valence-electron chi connectivity index (χ1n) is 11.5. The first-order valence-corrected chi connectivity index (χ1v) is 16.7. The lowest BCUT2D eigenvalue weighted by Crippen LogP contribution is -2.45. The summed E-state index contributed by atoms with van der Waals surface area (Å²) in [5.74, 6) is -2.99. The zero-order chi connectivity index (χ0) is 26.9. The summed E-state index contributed by atoms with van der Waals surface area (Å²) in [6, 6.07) is 6.16. The van der Waals surface area contributed by atoms with E-state index in [2.05, 4.69) is 19.6 Å². The van der Waals surface area contributed by atoms with Crippen molar-refractivity contribution in [1.29, 1.82) is 0 Å². The monoisotopic (exact) mass is 548 g/mol. The minimum Gasteiger partial charge on any atom is -0.381 e. The van der Waals surface area contributed by atoms with Gasteiger partial charge < -0.3 is 4.74 Å². The molecule has 1 saturated carbocycles. The van der Waals surface area contributed by atoms with Crippen molar-refractivity contribution in [3.63, 3.8) is 0 Å². The van der Waals surface area contributed by atoms with Crippen molar-refractivity contribution in [2.24, 2.45) is 5.92 Å². The molecule has 0 N–H and O–H groups in total. The van der Waals surface area contributed by atoms with Crippen molar-refractivity contribution < 1.29 is 39.9 Å². The van der Waals surface area contributed by atoms with Crippen molar-refractivity contribution in [2.75, 3.05) is 13.2 Å². The predicted octanol–water partition coefficient (Wildman–Crippen LogP) is 6.38. The van der Waals surface area contributed by atoms with Gasteiger partial charge in [0.1, 0.15) is 22.2 Å². The van der Waals surface area contributed by atoms with Gasteiger partial charge in [-0.1, -0.05) is 19.6 Å². The molecule has 3 rings (SSSR count). The Morgan fingerprint density at radius 1 is 1.06 bits per heavy atom. The molecule has 1 aliphatic rings. The number of sulfone groups is 1. The second-order valence-corrected chi connectivity index (χ2v) is 18.3. The van der Waals surface area contributed by atoms with Gasteiger partial charge in [0, 0.05) is 32.6 Å². The first kappa shape index (κ1) is 28.5. The van der Waals surface area contributed by atoms with E-state index in [-0.39, 0.29) is 31.7 Å². The number of halogens is 5. The lowest BCUT2D eigenvalue weighted by atomic mass is 9.76. The van der Waals surface area contributed by atoms with E-state index in [1.54, 1.807) is 0 Å². The van der Waals surface area contributed by atoms with Gasteiger partial charge in [-0.25, -0.2) is 17.2 Å². The van der Waals surface area contributed by atoms with Crippen molar-refractivity contribution in [2.45, 2.75) is 60.8 Å². The summed E-state index contributed by atoms with van der Waals surface area (Å²) < 4.78 is 99.9. The van der Waals surface area contributed by atoms with Crippen LogP contribution in [0.2, 0.25) is 25.7 Å². The number of ketones is 1. The molecule has 36 heavy (non-hydrogen) atoms. The fourth-order valence-corrected chi connectivity index (χ4v) is 7.37. The fourth-order valence-electron chi connectivity index (χ4n) is 4.43. The third-order valence-electron chi connectivity index (χ3n) is 6.55. The van der Waals surface area contributed by atoms with E-state index in [1.165, 1.54) is 0 Å². The van der Waals surface area contributed by atoms with Crippen LogP contribution in [0.15, 0.2) is 47.4 Å². The van der Waals surface area contributed by atoms with E-state index >= 15 is 4.39 Å². The Kier molecular flexibility index (Phi) is 8.17. The van der Waals surface area contributed by atoms with Gasteiger partial charge in [0.15, 0.2) is 9.84 Å². The Labute approximate surface area is 208 Å². The van der Waals surface area contributed by atoms with Crippen molar-refractivity contribution >= 4 is 23.7 Å². The molecular formula is C25H29F5O4SSi. The van der Waals surface area contributed by atoms with Gasteiger partial charge in [0.25, 0.3) is 0 Å². The van der Waals surface area contributed by atoms with Crippen LogP contribution in [0.3, 0.4) is 0 Å². The SMILES string of the molecule is C[Si](C)(C)CCOC[C@@H]1C[C@](c2cc(F)ccc2F)(S(=O)(=O)c2ccc(C(F)(F)F)cc2)CCC1=O. The third kappa shape index (κ3) is 6.05. The number of carbonyl (C=O) groups excluding carboxylic acids is 1. The van der Waals surface area contributed by atoms with Crippen LogP contribution in [-0.2, 0) is 30.3 Å². The molecule has 0 amide bonds. The average molecular weight is 549 g/mol. The van der Waals surface area contributed by atoms with Crippen LogP contribution in [0.5, 0.6) is 0 Å². The van der Waals surface area contributed by atoms with Gasteiger partial charge in [0.05, 0.1) is 17.1 Å². The molecule has 0 unspecified atom stereocenters. The van der Waals surface area contributed by atoms with Crippen molar-refractivity contribution in [3.8, 4) is 0 Å². The van der Waals surface area contributed by atoms with E-state index in [0.717, 1.165) is 36.4 Å². The van der Waals surface area contributed by atoms with Crippen molar-refractivity contribution in [1.82, 2.24) is 0 Å². The highest BCUT2D eigenvalue weighted by Crippen LogP contribution is 2.49. The van der Waals surface area contributed by atoms with Crippen LogP contribution in [0.25, 0.3) is 0 Å². The standard InChI is InChI=1S/C25H29F5O4SSi/c1-36(2,3)13-12-34-16-17-15-24(11-10-23(17)31,21-14-19(26)6-9-22(21)27)35(32,33)20-7-4-18(5-8-20)25(28,29)30/h4-9,14,17H,10-13,15-16H2,1-3H3/t17-,24+/m0/s1. The van der Waals surface area contributed by atoms with Gasteiger partial charge in [-0.3, -0.25) is 4.79 Å². The van der Waals surface area contributed by atoms with Gasteiger partial charge in [-0.15, -0.1) is 0 Å². The van der Waals surface area contributed by atoms with Gasteiger partial charge >= 0.3 is 6.18 Å². The quantitative estimate of drug-likeness (QED) is 0.218. The number of Topliss-reactive ketones (excluding diaryl/α,β-unsaturated/α-hetero) is 1. The Bertz CT molecular complexity index is 1210. The summed E-state index contributed by atoms with van der Waals surface area (Å²) in [6.07, 6.45) is -5.61. The summed E-state index contributed by atoms with van der Waals surface area (Å²) >= 11 is 0. The Morgan fingerprint density at radius 3 is 2.28 bits per heavy atom. The lowest BCUT2D eigenvalue weighted by molar-refractivity contribution is -0.137. The predicted molar refractivity (Wildman–Crippen MR) is 128 cm³/mol. The molecule has 2 aromatic carbocycles. The summed E-state index contributed by atoms with van der Waals surface area (Å²) in [5.41, 5.74) is -1.48. The second-order valence-electron chi connectivity index (χ2n) is 10.4. The molecule has 0 saturated heterocycles. The van der Waals surface area contributed by atoms with Gasteiger partial charge in [-0.2, -0.15) is 13.2 Å². The normalized spacial score (nSPS) is 21.6. The molecule has 1 aliphatic carbocycles. The molecule has 2 aromatic rings. The van der Waals surface area contributed by atoms with Gasteiger partial charge in [-0.05, 0) is 61.4 Å². The van der Waals surface area contributed by atoms with Gasteiger partial charge in [0.2, 0.25) is 0 Å². The highest BCUT2D eigenvalue weighted by Gasteiger charge is 2.53. The largest absolute Gasteiger partial charge is 0.416 e. The van der Waals surface area contributed by atoms with Crippen molar-refractivity contribution in [3.05, 3.63) is 65.2 Å². The molecule has 0 radical (unpaired) electrons. The van der Waals surface area contributed by atoms with E-state index in [9.17, 15) is 30.8 Å². The maximum Gasteiger partial charge on any atom is 0.416 e. The molecule has 0 aliphatic heterocycles. The second kappa shape index (κ2) is 10.3. The highest BCUT2D eigenvalue weighted by atomic mass is 32.2. The van der Waals surface area contributed by atoms with Crippen LogP contribution in [0, 0.1) is 17.6 Å². The molecule has 11 heteroatoms. The molecule has 0 heterocycles. The number of ether oxygens (including phenoxy) is 1. The van der Waals surface area contributed by atoms with Crippen LogP contribution in [0.1, 0.15) is 30.4 Å². The van der Waals surface area contributed by atoms with E-state index in [1.807, 2.05) is 0 Å². The molecule has 198 valence electrons. The molecule has 2 atom stereocenters. The van der Waals surface area contributed by atoms with E-state index in [0.29, 0.717) is 18.7 Å².